The van der Waals surface area contributed by atoms with Crippen LogP contribution < -0.4 is 15.4 Å². The lowest BCUT2D eigenvalue weighted by molar-refractivity contribution is 0.304. The molecule has 9 heteroatoms. The highest BCUT2D eigenvalue weighted by Crippen LogP contribution is 2.32. The summed E-state index contributed by atoms with van der Waals surface area (Å²) in [7, 11) is 0. The molecule has 0 saturated carbocycles. The van der Waals surface area contributed by atoms with Crippen molar-refractivity contribution >= 4 is 57.0 Å². The van der Waals surface area contributed by atoms with Crippen LogP contribution in [0.3, 0.4) is 0 Å². The first-order chi connectivity index (χ1) is 15.4. The normalized spacial score (nSPS) is 12.0. The highest BCUT2D eigenvalue weighted by molar-refractivity contribution is 14.2. The Kier molecular flexibility index (Phi) is 9.34. The zero-order valence-electron chi connectivity index (χ0n) is 19.4. The number of rotatable bonds is 12. The Morgan fingerprint density at radius 2 is 1.75 bits per heavy atom. The summed E-state index contributed by atoms with van der Waals surface area (Å²) >= 11 is 2.33. The van der Waals surface area contributed by atoms with E-state index in [2.05, 4.69) is 65.4 Å². The van der Waals surface area contributed by atoms with Crippen molar-refractivity contribution in [3.8, 4) is 5.75 Å². The Balaban J connectivity index is 1.64. The van der Waals surface area contributed by atoms with Crippen LogP contribution in [0.4, 0.5) is 17.5 Å². The van der Waals surface area contributed by atoms with Gasteiger partial charge in [-0.05, 0) is 73.5 Å². The van der Waals surface area contributed by atoms with Crippen LogP contribution >= 0.6 is 28.4 Å². The van der Waals surface area contributed by atoms with Gasteiger partial charge in [0.2, 0.25) is 5.95 Å². The van der Waals surface area contributed by atoms with Crippen LogP contribution in [0.5, 0.6) is 5.75 Å². The van der Waals surface area contributed by atoms with Crippen LogP contribution in [-0.2, 0) is 0 Å². The smallest absolute Gasteiger partial charge is 0.231 e. The molecule has 1 atom stereocenters. The van der Waals surface area contributed by atoms with Gasteiger partial charge in [0.1, 0.15) is 12.1 Å². The molecular weight excluding hydrogens is 534 g/mol. The van der Waals surface area contributed by atoms with Gasteiger partial charge in [0.05, 0.1) is 13.0 Å². The van der Waals surface area contributed by atoms with Gasteiger partial charge < -0.3 is 15.4 Å². The maximum atomic E-state index is 5.89. The number of hydrogen-bond donors (Lipinski definition) is 2. The monoisotopic (exact) mass is 568 g/mol. The largest absolute Gasteiger partial charge is 0.494 e. The van der Waals surface area contributed by atoms with Gasteiger partial charge in [-0.1, -0.05) is 39.0 Å². The average molecular weight is 568 g/mol. The van der Waals surface area contributed by atoms with E-state index in [1.165, 1.54) is 32.1 Å². The SMILES string of the molecule is CCCCCCCCOc1ccc(Nc2nc(NC(C)(C)C)c3ncn(PI)c3n2)cc1. The van der Waals surface area contributed by atoms with E-state index in [9.17, 15) is 0 Å². The summed E-state index contributed by atoms with van der Waals surface area (Å²) < 4.78 is 7.93. The highest BCUT2D eigenvalue weighted by atomic mass is 127. The molecule has 1 aromatic carbocycles. The zero-order chi connectivity index (χ0) is 23.0. The lowest BCUT2D eigenvalue weighted by Crippen LogP contribution is -2.27. The lowest BCUT2D eigenvalue weighted by atomic mass is 10.1. The number of halogens is 1. The average Bonchev–Trinajstić information content (AvgIpc) is 3.16. The first-order valence-electron chi connectivity index (χ1n) is 11.3. The number of nitrogens with zero attached hydrogens (tertiary/aromatic N) is 4. The molecule has 2 N–H and O–H groups in total. The molecule has 3 aromatic rings. The van der Waals surface area contributed by atoms with Crippen LogP contribution in [0, 0.1) is 0 Å². The molecule has 2 heterocycles. The zero-order valence-corrected chi connectivity index (χ0v) is 22.6. The third kappa shape index (κ3) is 7.44. The second-order valence-corrected chi connectivity index (χ2v) is 11.0. The standard InChI is InChI=1S/C23H34IN6OP/c1-5-6-7-8-9-10-15-31-18-13-11-17(12-14-18)26-22-27-20(29-23(2,3)4)19-21(28-22)30(32-24)16-25-19/h11-14,16,32H,5-10,15H2,1-4H3,(H2,26,27,28,29). The van der Waals surface area contributed by atoms with Crippen molar-refractivity contribution < 1.29 is 4.74 Å². The van der Waals surface area contributed by atoms with Gasteiger partial charge in [0.25, 0.3) is 0 Å². The van der Waals surface area contributed by atoms with E-state index in [-0.39, 0.29) is 5.54 Å². The summed E-state index contributed by atoms with van der Waals surface area (Å²) in [4.78, 5) is 13.9. The molecule has 3 rings (SSSR count). The Bertz CT molecular complexity index is 987. The minimum atomic E-state index is -0.135. The molecular formula is C23H34IN6OP. The van der Waals surface area contributed by atoms with E-state index in [1.54, 1.807) is 0 Å². The minimum absolute atomic E-state index is 0.135. The Labute approximate surface area is 205 Å². The number of benzene rings is 1. The van der Waals surface area contributed by atoms with Gasteiger partial charge in [-0.3, -0.25) is 4.34 Å². The van der Waals surface area contributed by atoms with E-state index in [1.807, 2.05) is 34.9 Å². The Hall–Kier alpha value is -1.67. The van der Waals surface area contributed by atoms with Crippen LogP contribution in [0.25, 0.3) is 11.2 Å². The molecule has 2 aromatic heterocycles. The number of anilines is 3. The van der Waals surface area contributed by atoms with Crippen molar-refractivity contribution in [2.75, 3.05) is 17.2 Å². The molecule has 0 spiro atoms. The molecule has 32 heavy (non-hydrogen) atoms. The number of unbranched alkanes of at least 4 members (excludes halogenated alkanes) is 5. The maximum absolute atomic E-state index is 5.89. The fraction of sp³-hybridized carbons (Fsp3) is 0.522. The van der Waals surface area contributed by atoms with Crippen LogP contribution in [0.15, 0.2) is 30.6 Å². The second kappa shape index (κ2) is 12.0. The van der Waals surface area contributed by atoms with Crippen molar-refractivity contribution in [1.29, 1.82) is 0 Å². The van der Waals surface area contributed by atoms with Crippen LogP contribution in [-0.4, -0.2) is 31.4 Å². The molecule has 0 amide bonds. The van der Waals surface area contributed by atoms with Crippen molar-refractivity contribution in [3.05, 3.63) is 30.6 Å². The fourth-order valence-electron chi connectivity index (χ4n) is 3.30. The number of fused-ring (bicyclic) bond motifs is 1. The third-order valence-electron chi connectivity index (χ3n) is 4.86. The van der Waals surface area contributed by atoms with Crippen molar-refractivity contribution in [1.82, 2.24) is 19.3 Å². The quantitative estimate of drug-likeness (QED) is 0.136. The number of hydrogen-bond acceptors (Lipinski definition) is 6. The van der Waals surface area contributed by atoms with Crippen molar-refractivity contribution in [2.24, 2.45) is 0 Å². The van der Waals surface area contributed by atoms with Gasteiger partial charge in [-0.25, -0.2) is 4.98 Å². The van der Waals surface area contributed by atoms with Crippen molar-refractivity contribution in [3.63, 3.8) is 0 Å². The molecule has 174 valence electrons. The van der Waals surface area contributed by atoms with E-state index >= 15 is 0 Å². The molecule has 0 bridgehead atoms. The Morgan fingerprint density at radius 1 is 1.03 bits per heavy atom. The van der Waals surface area contributed by atoms with Gasteiger partial charge in [0.15, 0.2) is 17.0 Å². The minimum Gasteiger partial charge on any atom is -0.494 e. The predicted molar refractivity (Wildman–Crippen MR) is 145 cm³/mol. The Morgan fingerprint density at radius 3 is 2.44 bits per heavy atom. The summed E-state index contributed by atoms with van der Waals surface area (Å²) in [6, 6.07) is 7.97. The molecule has 0 fully saturated rings. The van der Waals surface area contributed by atoms with Gasteiger partial charge in [-0.2, -0.15) is 9.97 Å². The molecule has 0 radical (unpaired) electrons. The summed E-state index contributed by atoms with van der Waals surface area (Å²) in [6.45, 7) is 9.33. The third-order valence-corrected chi connectivity index (χ3v) is 6.93. The fourth-order valence-corrected chi connectivity index (χ4v) is 4.69. The second-order valence-electron chi connectivity index (χ2n) is 8.91. The predicted octanol–water partition coefficient (Wildman–Crippen LogP) is 7.31. The molecule has 0 saturated heterocycles. The summed E-state index contributed by atoms with van der Waals surface area (Å²) in [5, 5.41) is 6.78. The first kappa shape index (κ1) is 25.0. The number of ether oxygens (including phenoxy) is 1. The van der Waals surface area contributed by atoms with E-state index in [0.717, 1.165) is 41.4 Å². The highest BCUT2D eigenvalue weighted by Gasteiger charge is 2.18. The van der Waals surface area contributed by atoms with Crippen LogP contribution in [0.1, 0.15) is 66.2 Å². The molecule has 0 aliphatic heterocycles. The lowest BCUT2D eigenvalue weighted by Gasteiger charge is -2.21. The van der Waals surface area contributed by atoms with Gasteiger partial charge >= 0.3 is 0 Å². The van der Waals surface area contributed by atoms with Crippen molar-refractivity contribution in [2.45, 2.75) is 71.8 Å². The maximum Gasteiger partial charge on any atom is 0.231 e. The van der Waals surface area contributed by atoms with E-state index in [4.69, 9.17) is 14.7 Å². The molecule has 0 aliphatic carbocycles. The van der Waals surface area contributed by atoms with E-state index < -0.39 is 0 Å². The topological polar surface area (TPSA) is 76.9 Å². The first-order valence-corrected chi connectivity index (χ1v) is 15.4. The van der Waals surface area contributed by atoms with Gasteiger partial charge in [0, 0.05) is 11.2 Å². The molecule has 0 aliphatic rings. The number of nitrogens with one attached hydrogen (secondary N) is 2. The van der Waals surface area contributed by atoms with Crippen LogP contribution in [0.2, 0.25) is 0 Å². The number of imidazole rings is 1. The van der Waals surface area contributed by atoms with E-state index in [0.29, 0.717) is 12.3 Å². The molecule has 7 nitrogen and oxygen atoms in total. The van der Waals surface area contributed by atoms with Gasteiger partial charge in [-0.15, -0.1) is 0 Å². The number of aromatic nitrogens is 4. The summed E-state index contributed by atoms with van der Waals surface area (Å²) in [5.74, 6) is 2.17. The summed E-state index contributed by atoms with van der Waals surface area (Å²) in [5.41, 5.74) is 2.39. The molecule has 1 unspecified atom stereocenters. The summed E-state index contributed by atoms with van der Waals surface area (Å²) in [6.07, 6.45) is 9.92.